The molecule has 3 aromatic rings. The molecule has 10 heteroatoms. The highest BCUT2D eigenvalue weighted by Gasteiger charge is 2.20. The maximum absolute atomic E-state index is 12.5. The second kappa shape index (κ2) is 7.86. The lowest BCUT2D eigenvalue weighted by Gasteiger charge is -2.14. The summed E-state index contributed by atoms with van der Waals surface area (Å²) in [4.78, 5) is 23.0. The number of aromatic nitrogens is 2. The molecule has 0 aliphatic heterocycles. The number of thiazole rings is 1. The number of carbonyl (C=O) groups is 1. The molecule has 1 aromatic carbocycles. The van der Waals surface area contributed by atoms with Gasteiger partial charge < -0.3 is 5.32 Å². The van der Waals surface area contributed by atoms with Crippen LogP contribution in [0.3, 0.4) is 0 Å². The number of carbonyl (C=O) groups excluding carboxylic acids is 1. The minimum Gasteiger partial charge on any atom is -0.307 e. The molecular weight excluding hydrogens is 420 g/mol. The molecule has 28 heavy (non-hydrogen) atoms. The summed E-state index contributed by atoms with van der Waals surface area (Å²) in [6.45, 7) is 1.80. The van der Waals surface area contributed by atoms with E-state index < -0.39 is 9.84 Å². The van der Waals surface area contributed by atoms with Crippen molar-refractivity contribution >= 4 is 49.6 Å². The van der Waals surface area contributed by atoms with Gasteiger partial charge in [-0.25, -0.2) is 18.2 Å². The summed E-state index contributed by atoms with van der Waals surface area (Å²) in [6.07, 6.45) is 4.28. The summed E-state index contributed by atoms with van der Waals surface area (Å²) in [5.41, 5.74) is 1.98. The first-order valence-corrected chi connectivity index (χ1v) is 11.2. The first kappa shape index (κ1) is 20.2. The minimum absolute atomic E-state index is 0.0600. The van der Waals surface area contributed by atoms with Crippen LogP contribution >= 0.6 is 22.9 Å². The number of nitrogens with one attached hydrogen (secondary N) is 1. The van der Waals surface area contributed by atoms with Crippen LogP contribution in [-0.2, 0) is 9.84 Å². The average Bonchev–Trinajstić information content (AvgIpc) is 3.03. The van der Waals surface area contributed by atoms with Gasteiger partial charge in [0.1, 0.15) is 0 Å². The quantitative estimate of drug-likeness (QED) is 0.660. The minimum atomic E-state index is -3.46. The first-order valence-electron chi connectivity index (χ1n) is 8.09. The predicted molar refractivity (Wildman–Crippen MR) is 112 cm³/mol. The van der Waals surface area contributed by atoms with Gasteiger partial charge in [0.05, 0.1) is 20.5 Å². The van der Waals surface area contributed by atoms with Gasteiger partial charge in [0.15, 0.2) is 15.0 Å². The van der Waals surface area contributed by atoms with Gasteiger partial charge in [0.2, 0.25) is 0 Å². The van der Waals surface area contributed by atoms with Crippen molar-refractivity contribution in [1.82, 2.24) is 9.97 Å². The lowest BCUT2D eigenvalue weighted by molar-refractivity contribution is 0.258. The van der Waals surface area contributed by atoms with Crippen LogP contribution in [0.15, 0.2) is 47.6 Å². The summed E-state index contributed by atoms with van der Waals surface area (Å²) >= 11 is 7.31. The van der Waals surface area contributed by atoms with Crippen molar-refractivity contribution < 1.29 is 13.2 Å². The lowest BCUT2D eigenvalue weighted by Crippen LogP contribution is -2.31. The lowest BCUT2D eigenvalue weighted by atomic mass is 10.2. The average molecular weight is 437 g/mol. The van der Waals surface area contributed by atoms with Crippen molar-refractivity contribution in [3.8, 4) is 10.4 Å². The summed E-state index contributed by atoms with van der Waals surface area (Å²) in [7, 11) is -1.85. The van der Waals surface area contributed by atoms with Gasteiger partial charge in [-0.2, -0.15) is 0 Å². The van der Waals surface area contributed by atoms with Crippen LogP contribution in [0.25, 0.3) is 10.4 Å². The van der Waals surface area contributed by atoms with Crippen LogP contribution < -0.4 is 10.2 Å². The van der Waals surface area contributed by atoms with E-state index >= 15 is 0 Å². The maximum atomic E-state index is 12.5. The molecule has 0 spiro atoms. The van der Waals surface area contributed by atoms with Crippen molar-refractivity contribution in [2.45, 2.75) is 11.8 Å². The number of rotatable bonds is 4. The Morgan fingerprint density at radius 1 is 1.21 bits per heavy atom. The van der Waals surface area contributed by atoms with Crippen molar-refractivity contribution in [1.29, 1.82) is 0 Å². The highest BCUT2D eigenvalue weighted by Crippen LogP contribution is 2.36. The van der Waals surface area contributed by atoms with Gasteiger partial charge in [-0.05, 0) is 36.8 Å². The van der Waals surface area contributed by atoms with E-state index in [1.807, 2.05) is 0 Å². The number of benzene rings is 1. The third-order valence-corrected chi connectivity index (χ3v) is 6.76. The third-order valence-electron chi connectivity index (χ3n) is 3.90. The maximum Gasteiger partial charge on any atom is 0.327 e. The standard InChI is InChI=1S/C18H17ClN4O3S2/c1-11-16(12-4-5-14(19)15(10-12)28(3,25)26)27-18(21-11)23(2)17(24)22-13-6-8-20-9-7-13/h4-10H,1-3H3,(H,20,22,24). The Morgan fingerprint density at radius 3 is 2.54 bits per heavy atom. The summed E-state index contributed by atoms with van der Waals surface area (Å²) in [6, 6.07) is 7.83. The van der Waals surface area contributed by atoms with Gasteiger partial charge in [0.25, 0.3) is 0 Å². The van der Waals surface area contributed by atoms with Gasteiger partial charge in [0, 0.05) is 31.4 Å². The van der Waals surface area contributed by atoms with Gasteiger partial charge >= 0.3 is 6.03 Å². The molecule has 146 valence electrons. The number of urea groups is 1. The number of aryl methyl sites for hydroxylation is 1. The van der Waals surface area contributed by atoms with Crippen molar-refractivity contribution in [2.24, 2.45) is 0 Å². The fraction of sp³-hybridized carbons (Fsp3) is 0.167. The van der Waals surface area contributed by atoms with Gasteiger partial charge in [-0.3, -0.25) is 9.88 Å². The Balaban J connectivity index is 1.90. The Labute approximate surface area is 171 Å². The molecule has 2 heterocycles. The number of pyridine rings is 1. The first-order chi connectivity index (χ1) is 13.2. The van der Waals surface area contributed by atoms with E-state index in [2.05, 4.69) is 15.3 Å². The Hall–Kier alpha value is -2.49. The summed E-state index contributed by atoms with van der Waals surface area (Å²) in [5, 5.41) is 3.41. The smallest absolute Gasteiger partial charge is 0.307 e. The van der Waals surface area contributed by atoms with E-state index in [9.17, 15) is 13.2 Å². The zero-order valence-corrected chi connectivity index (χ0v) is 17.7. The summed E-state index contributed by atoms with van der Waals surface area (Å²) < 4.78 is 23.9. The van der Waals surface area contributed by atoms with Crippen LogP contribution in [0.2, 0.25) is 5.02 Å². The highest BCUT2D eigenvalue weighted by molar-refractivity contribution is 7.90. The molecule has 7 nitrogen and oxygen atoms in total. The number of hydrogen-bond donors (Lipinski definition) is 1. The molecule has 0 fully saturated rings. The molecule has 0 saturated heterocycles. The fourth-order valence-electron chi connectivity index (χ4n) is 2.45. The number of sulfone groups is 1. The zero-order chi connectivity index (χ0) is 20.5. The van der Waals surface area contributed by atoms with E-state index in [1.165, 1.54) is 22.3 Å². The zero-order valence-electron chi connectivity index (χ0n) is 15.3. The Bertz CT molecular complexity index is 1130. The highest BCUT2D eigenvalue weighted by atomic mass is 35.5. The molecule has 0 radical (unpaired) electrons. The topological polar surface area (TPSA) is 92.3 Å². The van der Waals surface area contributed by atoms with Crippen LogP contribution in [0.4, 0.5) is 15.6 Å². The molecule has 0 aliphatic rings. The molecular formula is C18H17ClN4O3S2. The molecule has 3 rings (SSSR count). The number of nitrogens with zero attached hydrogens (tertiary/aromatic N) is 3. The normalized spacial score (nSPS) is 11.3. The largest absolute Gasteiger partial charge is 0.327 e. The monoisotopic (exact) mass is 436 g/mol. The molecule has 1 N–H and O–H groups in total. The van der Waals surface area contributed by atoms with E-state index in [-0.39, 0.29) is 15.9 Å². The SMILES string of the molecule is Cc1nc(N(C)C(=O)Nc2ccncc2)sc1-c1ccc(Cl)c(S(C)(=O)=O)c1. The van der Waals surface area contributed by atoms with Crippen LogP contribution in [0, 0.1) is 6.92 Å². The molecule has 0 atom stereocenters. The molecule has 2 aromatic heterocycles. The second-order valence-electron chi connectivity index (χ2n) is 6.05. The predicted octanol–water partition coefficient (Wildman–Crippen LogP) is 4.24. The van der Waals surface area contributed by atoms with E-state index in [0.29, 0.717) is 22.1 Å². The Morgan fingerprint density at radius 2 is 1.89 bits per heavy atom. The number of amides is 2. The van der Waals surface area contributed by atoms with Crippen molar-refractivity contribution in [3.63, 3.8) is 0 Å². The second-order valence-corrected chi connectivity index (χ2v) is 9.42. The van der Waals surface area contributed by atoms with Crippen LogP contribution in [0.1, 0.15) is 5.69 Å². The third kappa shape index (κ3) is 4.32. The van der Waals surface area contributed by atoms with Crippen molar-refractivity contribution in [3.05, 3.63) is 53.4 Å². The Kier molecular flexibility index (Phi) is 5.69. The van der Waals surface area contributed by atoms with E-state index in [4.69, 9.17) is 11.6 Å². The number of halogens is 1. The molecule has 0 aliphatic carbocycles. The number of anilines is 2. The fourth-order valence-corrected chi connectivity index (χ4v) is 4.78. The van der Waals surface area contributed by atoms with E-state index in [0.717, 1.165) is 11.1 Å². The van der Waals surface area contributed by atoms with E-state index in [1.54, 1.807) is 50.6 Å². The number of hydrogen-bond acceptors (Lipinski definition) is 6. The molecule has 0 bridgehead atoms. The molecule has 0 unspecified atom stereocenters. The van der Waals surface area contributed by atoms with Crippen LogP contribution in [-0.4, -0.2) is 37.7 Å². The van der Waals surface area contributed by atoms with Gasteiger partial charge in [-0.15, -0.1) is 0 Å². The van der Waals surface area contributed by atoms with Crippen LogP contribution in [0.5, 0.6) is 0 Å². The van der Waals surface area contributed by atoms with Gasteiger partial charge in [-0.1, -0.05) is 29.0 Å². The molecule has 2 amide bonds. The van der Waals surface area contributed by atoms with Crippen molar-refractivity contribution in [2.75, 3.05) is 23.5 Å². The molecule has 0 saturated carbocycles. The summed E-state index contributed by atoms with van der Waals surface area (Å²) in [5.74, 6) is 0.